The highest BCUT2D eigenvalue weighted by molar-refractivity contribution is 7.13. The van der Waals surface area contributed by atoms with Crippen LogP contribution in [0.3, 0.4) is 0 Å². The van der Waals surface area contributed by atoms with E-state index < -0.39 is 0 Å². The smallest absolute Gasteiger partial charge is 0.251 e. The summed E-state index contributed by atoms with van der Waals surface area (Å²) >= 11 is 1.62. The van der Waals surface area contributed by atoms with Gasteiger partial charge in [0, 0.05) is 29.6 Å². The molecule has 1 aromatic carbocycles. The third-order valence-electron chi connectivity index (χ3n) is 4.70. The van der Waals surface area contributed by atoms with Crippen molar-refractivity contribution in [2.24, 2.45) is 5.92 Å². The molecule has 1 aromatic heterocycles. The molecule has 2 fully saturated rings. The van der Waals surface area contributed by atoms with Crippen molar-refractivity contribution in [1.82, 2.24) is 10.2 Å². The van der Waals surface area contributed by atoms with Crippen LogP contribution in [0.15, 0.2) is 36.4 Å². The Kier molecular flexibility index (Phi) is 3.83. The molecule has 3 heterocycles. The molecule has 1 amide bonds. The largest absolute Gasteiger partial charge is 0.447 e. The Morgan fingerprint density at radius 2 is 2.04 bits per heavy atom. The Morgan fingerprint density at radius 1 is 1.22 bits per heavy atom. The maximum atomic E-state index is 12.4. The van der Waals surface area contributed by atoms with Crippen molar-refractivity contribution in [3.63, 3.8) is 0 Å². The van der Waals surface area contributed by atoms with Gasteiger partial charge in [0.1, 0.15) is 5.75 Å². The molecule has 4 rings (SSSR count). The van der Waals surface area contributed by atoms with Crippen LogP contribution in [0.5, 0.6) is 10.8 Å². The van der Waals surface area contributed by atoms with E-state index in [4.69, 9.17) is 4.74 Å². The second-order valence-corrected chi connectivity index (χ2v) is 7.63. The lowest BCUT2D eigenvalue weighted by Gasteiger charge is -2.23. The number of aryl methyl sites for hydroxylation is 1. The van der Waals surface area contributed by atoms with Crippen molar-refractivity contribution >= 4 is 17.2 Å². The molecule has 23 heavy (non-hydrogen) atoms. The summed E-state index contributed by atoms with van der Waals surface area (Å²) in [6, 6.07) is 11.7. The molecule has 2 saturated heterocycles. The molecule has 120 valence electrons. The summed E-state index contributed by atoms with van der Waals surface area (Å²) in [6.07, 6.45) is 1.21. The third-order valence-corrected chi connectivity index (χ3v) is 5.58. The molecule has 5 heteroatoms. The molecule has 2 bridgehead atoms. The summed E-state index contributed by atoms with van der Waals surface area (Å²) in [5.74, 6) is 1.40. The van der Waals surface area contributed by atoms with Crippen LogP contribution in [0, 0.1) is 12.8 Å². The predicted molar refractivity (Wildman–Crippen MR) is 91.4 cm³/mol. The highest BCUT2D eigenvalue weighted by Gasteiger charge is 2.38. The number of ether oxygens (including phenoxy) is 1. The number of nitrogens with one attached hydrogen (secondary N) is 1. The van der Waals surface area contributed by atoms with Gasteiger partial charge in [-0.25, -0.2) is 0 Å². The first-order chi connectivity index (χ1) is 11.2. The van der Waals surface area contributed by atoms with Gasteiger partial charge in [-0.3, -0.25) is 4.79 Å². The Balaban J connectivity index is 1.38. The van der Waals surface area contributed by atoms with Gasteiger partial charge in [-0.05, 0) is 62.2 Å². The van der Waals surface area contributed by atoms with Crippen molar-refractivity contribution < 1.29 is 9.53 Å². The monoisotopic (exact) mass is 328 g/mol. The molecular weight excluding hydrogens is 308 g/mol. The van der Waals surface area contributed by atoms with Crippen LogP contribution in [0.2, 0.25) is 0 Å². The lowest BCUT2D eigenvalue weighted by molar-refractivity contribution is 0.0924. The summed E-state index contributed by atoms with van der Waals surface area (Å²) in [5, 5.41) is 4.05. The first-order valence-electron chi connectivity index (χ1n) is 8.05. The fourth-order valence-electron chi connectivity index (χ4n) is 3.46. The number of thiophene rings is 1. The minimum Gasteiger partial charge on any atom is -0.447 e. The first-order valence-corrected chi connectivity index (χ1v) is 8.86. The second-order valence-electron chi connectivity index (χ2n) is 6.38. The van der Waals surface area contributed by atoms with Crippen LogP contribution in [0.1, 0.15) is 21.7 Å². The second kappa shape index (κ2) is 5.98. The Labute approximate surface area is 140 Å². The molecule has 2 aliphatic rings. The zero-order chi connectivity index (χ0) is 15.8. The van der Waals surface area contributed by atoms with Crippen molar-refractivity contribution in [3.05, 3.63) is 46.8 Å². The fourth-order valence-corrected chi connectivity index (χ4v) is 4.18. The van der Waals surface area contributed by atoms with Gasteiger partial charge in [-0.15, -0.1) is 11.3 Å². The van der Waals surface area contributed by atoms with Gasteiger partial charge >= 0.3 is 0 Å². The molecule has 0 saturated carbocycles. The van der Waals surface area contributed by atoms with Crippen LogP contribution in [-0.4, -0.2) is 36.5 Å². The van der Waals surface area contributed by atoms with Gasteiger partial charge < -0.3 is 15.0 Å². The lowest BCUT2D eigenvalue weighted by Crippen LogP contribution is -2.43. The zero-order valence-corrected chi connectivity index (χ0v) is 13.9. The van der Waals surface area contributed by atoms with Crippen molar-refractivity contribution in [2.75, 3.05) is 19.6 Å². The average Bonchev–Trinajstić information content (AvgIpc) is 3.25. The summed E-state index contributed by atoms with van der Waals surface area (Å²) in [6.45, 7) is 5.37. The Bertz CT molecular complexity index is 710. The quantitative estimate of drug-likeness (QED) is 0.936. The first kappa shape index (κ1) is 14.7. The highest BCUT2D eigenvalue weighted by Crippen LogP contribution is 2.30. The number of fused-ring (bicyclic) bond motifs is 2. The minimum absolute atomic E-state index is 0.0160. The molecule has 0 spiro atoms. The van der Waals surface area contributed by atoms with E-state index >= 15 is 0 Å². The van der Waals surface area contributed by atoms with Crippen LogP contribution >= 0.6 is 11.3 Å². The highest BCUT2D eigenvalue weighted by atomic mass is 32.1. The van der Waals surface area contributed by atoms with Crippen LogP contribution in [-0.2, 0) is 0 Å². The Morgan fingerprint density at radius 3 is 2.65 bits per heavy atom. The van der Waals surface area contributed by atoms with Crippen molar-refractivity contribution in [1.29, 1.82) is 0 Å². The van der Waals surface area contributed by atoms with Crippen LogP contribution in [0.4, 0.5) is 0 Å². The number of piperidine rings is 1. The molecule has 4 nitrogen and oxygen atoms in total. The molecule has 0 radical (unpaired) electrons. The number of carbonyl (C=O) groups excluding carboxylic acids is 1. The lowest BCUT2D eigenvalue weighted by atomic mass is 9.99. The van der Waals surface area contributed by atoms with Gasteiger partial charge in [0.15, 0.2) is 5.06 Å². The van der Waals surface area contributed by atoms with Gasteiger partial charge in [-0.1, -0.05) is 0 Å². The van der Waals surface area contributed by atoms with E-state index in [0.29, 0.717) is 17.5 Å². The standard InChI is InChI=1S/C18H20N2O2S/c1-12-2-7-17(23-12)22-15-5-3-13(4-6-15)18(21)19-16-11-20-9-8-14(16)10-20/h2-7,14,16H,8-11H2,1H3,(H,19,21)/t14-,16?/m0/s1. The number of nitrogens with zero attached hydrogens (tertiary/aromatic N) is 1. The van der Waals surface area contributed by atoms with Gasteiger partial charge in [0.2, 0.25) is 0 Å². The Hall–Kier alpha value is -1.85. The van der Waals surface area contributed by atoms with Gasteiger partial charge in [0.05, 0.1) is 0 Å². The molecule has 3 atom stereocenters. The number of carbonyl (C=O) groups is 1. The van der Waals surface area contributed by atoms with Crippen molar-refractivity contribution in [2.45, 2.75) is 19.4 Å². The fraction of sp³-hybridized carbons (Fsp3) is 0.389. The maximum absolute atomic E-state index is 12.4. The van der Waals surface area contributed by atoms with Crippen molar-refractivity contribution in [3.8, 4) is 10.8 Å². The third kappa shape index (κ3) is 3.12. The van der Waals surface area contributed by atoms with Gasteiger partial charge in [-0.2, -0.15) is 0 Å². The minimum atomic E-state index is 0.0160. The molecule has 1 N–H and O–H groups in total. The maximum Gasteiger partial charge on any atom is 0.251 e. The SMILES string of the molecule is Cc1ccc(Oc2ccc(C(=O)NC3CN4CC[C@H]3C4)cc2)s1. The molecule has 2 unspecified atom stereocenters. The molecule has 0 aliphatic carbocycles. The normalized spacial score (nSPS) is 25.5. The molecule has 2 aliphatic heterocycles. The van der Waals surface area contributed by atoms with E-state index in [1.54, 1.807) is 11.3 Å². The van der Waals surface area contributed by atoms with E-state index in [-0.39, 0.29) is 5.91 Å². The number of hydrogen-bond donors (Lipinski definition) is 1. The van der Waals surface area contributed by atoms with E-state index in [2.05, 4.69) is 17.1 Å². The number of amides is 1. The zero-order valence-electron chi connectivity index (χ0n) is 13.1. The van der Waals surface area contributed by atoms with E-state index in [1.807, 2.05) is 36.4 Å². The van der Waals surface area contributed by atoms with Crippen LogP contribution < -0.4 is 10.1 Å². The summed E-state index contributed by atoms with van der Waals surface area (Å²) in [5.41, 5.74) is 0.692. The summed E-state index contributed by atoms with van der Waals surface area (Å²) in [7, 11) is 0. The summed E-state index contributed by atoms with van der Waals surface area (Å²) in [4.78, 5) is 16.0. The number of hydrogen-bond acceptors (Lipinski definition) is 4. The number of benzene rings is 1. The molecule has 2 aromatic rings. The van der Waals surface area contributed by atoms with E-state index in [1.165, 1.54) is 17.8 Å². The summed E-state index contributed by atoms with van der Waals surface area (Å²) < 4.78 is 5.79. The number of rotatable bonds is 4. The average molecular weight is 328 g/mol. The topological polar surface area (TPSA) is 41.6 Å². The van der Waals surface area contributed by atoms with Gasteiger partial charge in [0.25, 0.3) is 5.91 Å². The van der Waals surface area contributed by atoms with E-state index in [0.717, 1.165) is 23.9 Å². The predicted octanol–water partition coefficient (Wildman–Crippen LogP) is 3.28. The molecular formula is C18H20N2O2S. The van der Waals surface area contributed by atoms with Crippen LogP contribution in [0.25, 0.3) is 0 Å². The van der Waals surface area contributed by atoms with E-state index in [9.17, 15) is 4.79 Å².